The third-order valence-electron chi connectivity index (χ3n) is 4.97. The molecule has 4 nitrogen and oxygen atoms in total. The number of nitrogens with one attached hydrogen (secondary N) is 1. The summed E-state index contributed by atoms with van der Waals surface area (Å²) in [5.41, 5.74) is -3.22. The van der Waals surface area contributed by atoms with Gasteiger partial charge in [-0.1, -0.05) is 0 Å². The van der Waals surface area contributed by atoms with Crippen LogP contribution in [0.2, 0.25) is 0 Å². The van der Waals surface area contributed by atoms with E-state index < -0.39 is 46.2 Å². The summed E-state index contributed by atoms with van der Waals surface area (Å²) < 4.78 is 66.7. The molecule has 1 amide bonds. The van der Waals surface area contributed by atoms with Crippen molar-refractivity contribution in [2.45, 2.75) is 32.0 Å². The van der Waals surface area contributed by atoms with Crippen LogP contribution in [0.5, 0.6) is 0 Å². The van der Waals surface area contributed by atoms with Gasteiger partial charge in [-0.15, -0.1) is 0 Å². The van der Waals surface area contributed by atoms with E-state index in [0.717, 1.165) is 17.2 Å². The Hall–Kier alpha value is -2.45. The lowest BCUT2D eigenvalue weighted by atomic mass is 9.87. The maximum atomic E-state index is 13.7. The lowest BCUT2D eigenvalue weighted by Crippen LogP contribution is -2.50. The summed E-state index contributed by atoms with van der Waals surface area (Å²) in [6, 6.07) is 1.36. The highest BCUT2D eigenvalue weighted by atomic mass is 19.4. The molecule has 140 valence electrons. The Labute approximate surface area is 144 Å². The van der Waals surface area contributed by atoms with Crippen molar-refractivity contribution in [3.63, 3.8) is 0 Å². The Kier molecular flexibility index (Phi) is 4.08. The molecule has 2 heterocycles. The molecule has 0 spiro atoms. The summed E-state index contributed by atoms with van der Waals surface area (Å²) in [4.78, 5) is 28.6. The normalized spacial score (nSPS) is 20.0. The molecule has 1 unspecified atom stereocenters. The number of aromatic nitrogens is 1. The Morgan fingerprint density at radius 2 is 1.92 bits per heavy atom. The highest BCUT2D eigenvalue weighted by molar-refractivity contribution is 5.97. The zero-order valence-electron chi connectivity index (χ0n) is 13.9. The van der Waals surface area contributed by atoms with Gasteiger partial charge in [-0.05, 0) is 26.3 Å². The topological polar surface area (TPSA) is 53.2 Å². The predicted octanol–water partition coefficient (Wildman–Crippen LogP) is 3.61. The van der Waals surface area contributed by atoms with Crippen LogP contribution in [-0.2, 0) is 0 Å². The second kappa shape index (κ2) is 5.78. The quantitative estimate of drug-likeness (QED) is 0.776. The van der Waals surface area contributed by atoms with Crippen LogP contribution >= 0.6 is 0 Å². The average molecular weight is 374 g/mol. The van der Waals surface area contributed by atoms with Crippen molar-refractivity contribution in [3.05, 3.63) is 45.8 Å². The van der Waals surface area contributed by atoms with Gasteiger partial charge in [0.2, 0.25) is 5.43 Å². The Morgan fingerprint density at radius 3 is 2.50 bits per heavy atom. The van der Waals surface area contributed by atoms with E-state index in [1.807, 2.05) is 0 Å². The summed E-state index contributed by atoms with van der Waals surface area (Å²) in [7, 11) is 0. The summed E-state index contributed by atoms with van der Waals surface area (Å²) >= 11 is 0. The molecule has 1 aromatic carbocycles. The molecule has 0 saturated carbocycles. The van der Waals surface area contributed by atoms with Crippen LogP contribution in [0.4, 0.5) is 22.0 Å². The number of rotatable bonds is 1. The SMILES string of the molecule is CC1(C)C(C(F)(F)F)CCN1C(=O)c1c[nH]c2c(F)cc(F)cc2c1=O. The third kappa shape index (κ3) is 2.75. The van der Waals surface area contributed by atoms with Crippen LogP contribution in [0.1, 0.15) is 30.6 Å². The van der Waals surface area contributed by atoms with Gasteiger partial charge in [0.25, 0.3) is 5.91 Å². The van der Waals surface area contributed by atoms with Crippen molar-refractivity contribution < 1.29 is 26.7 Å². The maximum Gasteiger partial charge on any atom is 0.394 e. The van der Waals surface area contributed by atoms with Gasteiger partial charge in [0, 0.05) is 24.3 Å². The van der Waals surface area contributed by atoms with Gasteiger partial charge in [0.05, 0.1) is 16.8 Å². The first-order valence-electron chi connectivity index (χ1n) is 7.83. The number of hydrogen-bond donors (Lipinski definition) is 1. The fraction of sp³-hybridized carbons (Fsp3) is 0.412. The van der Waals surface area contributed by atoms with E-state index in [0.29, 0.717) is 6.07 Å². The number of H-pyrrole nitrogens is 1. The minimum Gasteiger partial charge on any atom is -0.358 e. The van der Waals surface area contributed by atoms with E-state index in [9.17, 15) is 31.5 Å². The lowest BCUT2D eigenvalue weighted by Gasteiger charge is -2.36. The molecule has 0 aliphatic carbocycles. The molecule has 1 atom stereocenters. The van der Waals surface area contributed by atoms with E-state index in [2.05, 4.69) is 4.98 Å². The lowest BCUT2D eigenvalue weighted by molar-refractivity contribution is -0.189. The number of hydrogen-bond acceptors (Lipinski definition) is 2. The van der Waals surface area contributed by atoms with Crippen molar-refractivity contribution in [3.8, 4) is 0 Å². The highest BCUT2D eigenvalue weighted by Crippen LogP contribution is 2.45. The maximum absolute atomic E-state index is 13.7. The molecule has 2 aromatic rings. The number of fused-ring (bicyclic) bond motifs is 1. The van der Waals surface area contributed by atoms with E-state index in [1.165, 1.54) is 13.8 Å². The number of benzene rings is 1. The largest absolute Gasteiger partial charge is 0.394 e. The smallest absolute Gasteiger partial charge is 0.358 e. The first-order chi connectivity index (χ1) is 11.9. The number of nitrogens with zero attached hydrogens (tertiary/aromatic N) is 1. The molecule has 1 aromatic heterocycles. The van der Waals surface area contributed by atoms with Crippen LogP contribution in [0, 0.1) is 17.6 Å². The molecular formula is C17H15F5N2O2. The standard InChI is InChI=1S/C17H15F5N2O2/c1-16(2)12(17(20,21)22)3-4-24(16)15(26)10-7-23-13-9(14(10)25)5-8(18)6-11(13)19/h5-7,12H,3-4H2,1-2H3,(H,23,25). The molecule has 3 rings (SSSR count). The summed E-state index contributed by atoms with van der Waals surface area (Å²) in [5.74, 6) is -4.64. The monoisotopic (exact) mass is 374 g/mol. The average Bonchev–Trinajstić information content (AvgIpc) is 2.82. The second-order valence-corrected chi connectivity index (χ2v) is 6.83. The number of carbonyl (C=O) groups is 1. The molecule has 1 N–H and O–H groups in total. The molecule has 1 aliphatic rings. The number of carbonyl (C=O) groups excluding carboxylic acids is 1. The van der Waals surface area contributed by atoms with Gasteiger partial charge in [-0.25, -0.2) is 8.78 Å². The molecule has 9 heteroatoms. The van der Waals surface area contributed by atoms with Crippen molar-refractivity contribution >= 4 is 16.8 Å². The van der Waals surface area contributed by atoms with Crippen molar-refractivity contribution in [1.29, 1.82) is 0 Å². The number of likely N-dealkylation sites (tertiary alicyclic amines) is 1. The molecule has 1 fully saturated rings. The predicted molar refractivity (Wildman–Crippen MR) is 83.8 cm³/mol. The third-order valence-corrected chi connectivity index (χ3v) is 4.97. The minimum atomic E-state index is -4.49. The van der Waals surface area contributed by atoms with Gasteiger partial charge < -0.3 is 9.88 Å². The van der Waals surface area contributed by atoms with Crippen molar-refractivity contribution in [1.82, 2.24) is 9.88 Å². The fourth-order valence-electron chi connectivity index (χ4n) is 3.57. The van der Waals surface area contributed by atoms with Gasteiger partial charge in [0.15, 0.2) is 0 Å². The second-order valence-electron chi connectivity index (χ2n) is 6.83. The van der Waals surface area contributed by atoms with Crippen LogP contribution in [-0.4, -0.2) is 34.1 Å². The van der Waals surface area contributed by atoms with E-state index in [1.54, 1.807) is 0 Å². The fourth-order valence-corrected chi connectivity index (χ4v) is 3.57. The number of aromatic amines is 1. The Balaban J connectivity index is 2.07. The number of amides is 1. The summed E-state index contributed by atoms with van der Waals surface area (Å²) in [6.45, 7) is 2.39. The van der Waals surface area contributed by atoms with E-state index in [4.69, 9.17) is 0 Å². The van der Waals surface area contributed by atoms with Crippen LogP contribution in [0.15, 0.2) is 23.1 Å². The molecule has 1 saturated heterocycles. The zero-order valence-corrected chi connectivity index (χ0v) is 13.9. The van der Waals surface area contributed by atoms with E-state index >= 15 is 0 Å². The number of pyridine rings is 1. The first-order valence-corrected chi connectivity index (χ1v) is 7.83. The van der Waals surface area contributed by atoms with Crippen molar-refractivity contribution in [2.75, 3.05) is 6.54 Å². The summed E-state index contributed by atoms with van der Waals surface area (Å²) in [5, 5.41) is -0.377. The van der Waals surface area contributed by atoms with Gasteiger partial charge >= 0.3 is 6.18 Å². The van der Waals surface area contributed by atoms with E-state index in [-0.39, 0.29) is 23.9 Å². The number of alkyl halides is 3. The van der Waals surface area contributed by atoms with Crippen LogP contribution < -0.4 is 5.43 Å². The van der Waals surface area contributed by atoms with Crippen LogP contribution in [0.25, 0.3) is 10.9 Å². The highest BCUT2D eigenvalue weighted by Gasteiger charge is 2.56. The first kappa shape index (κ1) is 18.3. The van der Waals surface area contributed by atoms with Gasteiger partial charge in [-0.3, -0.25) is 9.59 Å². The molecule has 1 aliphatic heterocycles. The van der Waals surface area contributed by atoms with Gasteiger partial charge in [0.1, 0.15) is 17.2 Å². The van der Waals surface area contributed by atoms with Crippen LogP contribution in [0.3, 0.4) is 0 Å². The molecule has 26 heavy (non-hydrogen) atoms. The van der Waals surface area contributed by atoms with Crippen molar-refractivity contribution in [2.24, 2.45) is 5.92 Å². The summed E-state index contributed by atoms with van der Waals surface area (Å²) in [6.07, 6.45) is -3.82. The molecule has 0 radical (unpaired) electrons. The van der Waals surface area contributed by atoms with Gasteiger partial charge in [-0.2, -0.15) is 13.2 Å². The molecular weight excluding hydrogens is 359 g/mol. The molecule has 0 bridgehead atoms. The number of halogens is 5. The Morgan fingerprint density at radius 1 is 1.27 bits per heavy atom. The Bertz CT molecular complexity index is 949. The zero-order chi connectivity index (χ0) is 19.4. The minimum absolute atomic E-state index is 0.176.